The standard InChI is InChI=1S/C15H16O2.C8H16O2/c1-15(2,11-3-7-13(16)8-4-11)12-5-9-14(17)10-6-12;9-5-7-1-2-8(6-10)4-3-7/h3-10,16-17H,1-2H3;7-10H,1-6H2. The van der Waals surface area contributed by atoms with Crippen LogP contribution in [0.2, 0.25) is 0 Å². The van der Waals surface area contributed by atoms with Gasteiger partial charge < -0.3 is 20.4 Å². The van der Waals surface area contributed by atoms with Crippen LogP contribution in [-0.4, -0.2) is 33.6 Å². The van der Waals surface area contributed by atoms with E-state index in [0.717, 1.165) is 36.8 Å². The number of aliphatic hydroxyl groups is 2. The smallest absolute Gasteiger partial charge is 0.115 e. The number of phenolic OH excluding ortho intramolecular Hbond substituents is 2. The molecule has 1 aliphatic carbocycles. The highest BCUT2D eigenvalue weighted by molar-refractivity contribution is 5.41. The van der Waals surface area contributed by atoms with Gasteiger partial charge in [0.2, 0.25) is 0 Å². The molecule has 2 aromatic rings. The number of hydrogen-bond donors (Lipinski definition) is 4. The number of phenols is 2. The van der Waals surface area contributed by atoms with Gasteiger partial charge in [0.05, 0.1) is 0 Å². The summed E-state index contributed by atoms with van der Waals surface area (Å²) < 4.78 is 0. The van der Waals surface area contributed by atoms with E-state index in [-0.39, 0.29) is 16.9 Å². The van der Waals surface area contributed by atoms with E-state index < -0.39 is 0 Å². The molecule has 0 unspecified atom stereocenters. The summed E-state index contributed by atoms with van der Waals surface area (Å²) in [5.41, 5.74) is 2.10. The van der Waals surface area contributed by atoms with Gasteiger partial charge in [-0.1, -0.05) is 38.1 Å². The number of benzene rings is 2. The molecule has 27 heavy (non-hydrogen) atoms. The van der Waals surface area contributed by atoms with Crippen molar-refractivity contribution in [2.24, 2.45) is 11.8 Å². The maximum absolute atomic E-state index is 9.30. The SMILES string of the molecule is CC(C)(c1ccc(O)cc1)c1ccc(O)cc1.OCC1CCC(CO)CC1. The second-order valence-electron chi connectivity index (χ2n) is 7.97. The average molecular weight is 373 g/mol. The summed E-state index contributed by atoms with van der Waals surface area (Å²) in [5, 5.41) is 36.2. The van der Waals surface area contributed by atoms with Gasteiger partial charge >= 0.3 is 0 Å². The van der Waals surface area contributed by atoms with Crippen LogP contribution >= 0.6 is 0 Å². The molecule has 4 nitrogen and oxygen atoms in total. The quantitative estimate of drug-likeness (QED) is 0.648. The Kier molecular flexibility index (Phi) is 7.69. The maximum Gasteiger partial charge on any atom is 0.115 e. The van der Waals surface area contributed by atoms with E-state index in [2.05, 4.69) is 13.8 Å². The van der Waals surface area contributed by atoms with E-state index >= 15 is 0 Å². The highest BCUT2D eigenvalue weighted by Crippen LogP contribution is 2.33. The minimum absolute atomic E-state index is 0.151. The molecule has 0 aliphatic heterocycles. The van der Waals surface area contributed by atoms with Crippen molar-refractivity contribution in [2.75, 3.05) is 13.2 Å². The highest BCUT2D eigenvalue weighted by Gasteiger charge is 2.22. The molecular formula is C23H32O4. The lowest BCUT2D eigenvalue weighted by atomic mass is 9.78. The predicted molar refractivity (Wildman–Crippen MR) is 108 cm³/mol. The lowest BCUT2D eigenvalue weighted by Crippen LogP contribution is -2.19. The first kappa shape index (κ1) is 21.3. The molecule has 4 N–H and O–H groups in total. The Morgan fingerprint density at radius 2 is 0.963 bits per heavy atom. The molecule has 148 valence electrons. The zero-order valence-corrected chi connectivity index (χ0v) is 16.3. The third-order valence-corrected chi connectivity index (χ3v) is 5.66. The third kappa shape index (κ3) is 5.98. The van der Waals surface area contributed by atoms with Crippen molar-refractivity contribution in [3.63, 3.8) is 0 Å². The molecule has 0 saturated heterocycles. The van der Waals surface area contributed by atoms with Gasteiger partial charge in [0, 0.05) is 18.6 Å². The largest absolute Gasteiger partial charge is 0.508 e. The summed E-state index contributed by atoms with van der Waals surface area (Å²) in [6.45, 7) is 4.90. The molecular weight excluding hydrogens is 340 g/mol. The van der Waals surface area contributed by atoms with Crippen LogP contribution in [0.5, 0.6) is 11.5 Å². The Bertz CT molecular complexity index is 609. The average Bonchev–Trinajstić information content (AvgIpc) is 2.69. The highest BCUT2D eigenvalue weighted by atomic mass is 16.3. The van der Waals surface area contributed by atoms with E-state index in [1.54, 1.807) is 24.3 Å². The van der Waals surface area contributed by atoms with Crippen LogP contribution in [0.4, 0.5) is 0 Å². The van der Waals surface area contributed by atoms with Crippen LogP contribution in [0.15, 0.2) is 48.5 Å². The molecule has 4 heteroatoms. The van der Waals surface area contributed by atoms with Gasteiger partial charge in [-0.25, -0.2) is 0 Å². The van der Waals surface area contributed by atoms with Gasteiger partial charge in [0.1, 0.15) is 11.5 Å². The summed E-state index contributed by atoms with van der Waals surface area (Å²) in [6.07, 6.45) is 4.40. The topological polar surface area (TPSA) is 80.9 Å². The molecule has 0 aromatic heterocycles. The van der Waals surface area contributed by atoms with E-state index in [9.17, 15) is 10.2 Å². The van der Waals surface area contributed by atoms with Gasteiger partial charge in [0.15, 0.2) is 0 Å². The van der Waals surface area contributed by atoms with E-state index in [1.165, 1.54) is 0 Å². The first-order chi connectivity index (χ1) is 12.9. The van der Waals surface area contributed by atoms with Gasteiger partial charge in [-0.05, 0) is 72.9 Å². The van der Waals surface area contributed by atoms with Gasteiger partial charge in [-0.15, -0.1) is 0 Å². The fraction of sp³-hybridized carbons (Fsp3) is 0.478. The maximum atomic E-state index is 9.30. The minimum Gasteiger partial charge on any atom is -0.508 e. The first-order valence-electron chi connectivity index (χ1n) is 9.67. The van der Waals surface area contributed by atoms with Crippen molar-refractivity contribution in [1.82, 2.24) is 0 Å². The van der Waals surface area contributed by atoms with E-state index in [0.29, 0.717) is 25.0 Å². The molecule has 2 aromatic carbocycles. The van der Waals surface area contributed by atoms with Gasteiger partial charge in [-0.2, -0.15) is 0 Å². The molecule has 0 heterocycles. The minimum atomic E-state index is -0.151. The molecule has 1 fully saturated rings. The number of rotatable bonds is 4. The summed E-state index contributed by atoms with van der Waals surface area (Å²) in [4.78, 5) is 0. The first-order valence-corrected chi connectivity index (χ1v) is 9.67. The molecule has 1 saturated carbocycles. The molecule has 0 spiro atoms. The van der Waals surface area contributed by atoms with Crippen molar-refractivity contribution in [3.05, 3.63) is 59.7 Å². The summed E-state index contributed by atoms with van der Waals surface area (Å²) >= 11 is 0. The molecule has 3 rings (SSSR count). The zero-order chi connectivity index (χ0) is 19.9. The Labute approximate surface area is 162 Å². The Balaban J connectivity index is 0.000000223. The van der Waals surface area contributed by atoms with Crippen LogP contribution < -0.4 is 0 Å². The van der Waals surface area contributed by atoms with Crippen LogP contribution in [0.25, 0.3) is 0 Å². The van der Waals surface area contributed by atoms with Crippen molar-refractivity contribution in [3.8, 4) is 11.5 Å². The number of aliphatic hydroxyl groups excluding tert-OH is 2. The zero-order valence-electron chi connectivity index (χ0n) is 16.3. The molecule has 0 atom stereocenters. The van der Waals surface area contributed by atoms with Crippen molar-refractivity contribution in [1.29, 1.82) is 0 Å². The van der Waals surface area contributed by atoms with Crippen LogP contribution in [0, 0.1) is 11.8 Å². The summed E-state index contributed by atoms with van der Waals surface area (Å²) in [7, 11) is 0. The van der Waals surface area contributed by atoms with Crippen molar-refractivity contribution in [2.45, 2.75) is 44.9 Å². The number of aromatic hydroxyl groups is 2. The molecule has 0 bridgehead atoms. The fourth-order valence-electron chi connectivity index (χ4n) is 3.52. The lowest BCUT2D eigenvalue weighted by molar-refractivity contribution is 0.131. The Hall–Kier alpha value is -2.04. The van der Waals surface area contributed by atoms with Crippen LogP contribution in [-0.2, 0) is 5.41 Å². The second-order valence-corrected chi connectivity index (χ2v) is 7.97. The number of hydrogen-bond acceptors (Lipinski definition) is 4. The third-order valence-electron chi connectivity index (χ3n) is 5.66. The Morgan fingerprint density at radius 1 is 0.667 bits per heavy atom. The van der Waals surface area contributed by atoms with E-state index in [1.807, 2.05) is 24.3 Å². The summed E-state index contributed by atoms with van der Waals surface area (Å²) in [6, 6.07) is 14.4. The Morgan fingerprint density at radius 3 is 1.22 bits per heavy atom. The van der Waals surface area contributed by atoms with Crippen molar-refractivity contribution < 1.29 is 20.4 Å². The van der Waals surface area contributed by atoms with Gasteiger partial charge in [-0.3, -0.25) is 0 Å². The van der Waals surface area contributed by atoms with Crippen molar-refractivity contribution >= 4 is 0 Å². The van der Waals surface area contributed by atoms with Gasteiger partial charge in [0.25, 0.3) is 0 Å². The normalized spacial score (nSPS) is 19.9. The van der Waals surface area contributed by atoms with Crippen LogP contribution in [0.3, 0.4) is 0 Å². The van der Waals surface area contributed by atoms with E-state index in [4.69, 9.17) is 10.2 Å². The summed E-state index contributed by atoms with van der Waals surface area (Å²) in [5.74, 6) is 1.58. The molecule has 0 amide bonds. The monoisotopic (exact) mass is 372 g/mol. The molecule has 1 aliphatic rings. The lowest BCUT2D eigenvalue weighted by Gasteiger charge is -2.26. The predicted octanol–water partition coefficient (Wildman–Crippen LogP) is 4.20. The fourth-order valence-corrected chi connectivity index (χ4v) is 3.52. The second kappa shape index (κ2) is 9.77. The van der Waals surface area contributed by atoms with Crippen LogP contribution in [0.1, 0.15) is 50.7 Å². The molecule has 0 radical (unpaired) electrons.